The maximum absolute atomic E-state index is 12.8. The van der Waals surface area contributed by atoms with Gasteiger partial charge in [-0.2, -0.15) is 0 Å². The van der Waals surface area contributed by atoms with Crippen molar-refractivity contribution in [3.8, 4) is 0 Å². The summed E-state index contributed by atoms with van der Waals surface area (Å²) in [5.41, 5.74) is 7.29. The molecule has 2 rings (SSSR count). The van der Waals surface area contributed by atoms with E-state index in [2.05, 4.69) is 9.71 Å². The molecule has 1 aromatic heterocycles. The number of aryl methyl sites for hydroxylation is 1. The first-order chi connectivity index (χ1) is 9.31. The third kappa shape index (κ3) is 2.72. The van der Waals surface area contributed by atoms with E-state index in [0.717, 1.165) is 17.8 Å². The van der Waals surface area contributed by atoms with E-state index in [1.54, 1.807) is 19.9 Å². The summed E-state index contributed by atoms with van der Waals surface area (Å²) >= 11 is 0. The van der Waals surface area contributed by atoms with Crippen molar-refractivity contribution in [2.24, 2.45) is 0 Å². The molecule has 1 heterocycles. The lowest BCUT2D eigenvalue weighted by atomic mass is 10.1. The molecule has 7 heteroatoms. The summed E-state index contributed by atoms with van der Waals surface area (Å²) in [6, 6.07) is 5.65. The second-order valence-electron chi connectivity index (χ2n) is 4.39. The number of nitrogens with one attached hydrogen (secondary N) is 1. The molecule has 106 valence electrons. The molecule has 0 atom stereocenters. The van der Waals surface area contributed by atoms with Crippen LogP contribution in [-0.4, -0.2) is 13.4 Å². The highest BCUT2D eigenvalue weighted by Crippen LogP contribution is 2.26. The smallest absolute Gasteiger partial charge is 0.265 e. The van der Waals surface area contributed by atoms with Gasteiger partial charge in [0, 0.05) is 0 Å². The van der Waals surface area contributed by atoms with Gasteiger partial charge >= 0.3 is 0 Å². The van der Waals surface area contributed by atoms with Gasteiger partial charge in [0.25, 0.3) is 10.0 Å². The maximum atomic E-state index is 12.8. The van der Waals surface area contributed by atoms with Gasteiger partial charge in [-0.25, -0.2) is 17.8 Å². The SMILES string of the molecule is Cc1ccc(N)c(S(=O)(=O)Nc2ccc(F)cn2)c1C. The number of nitrogens with zero attached hydrogens (tertiary/aromatic N) is 1. The number of halogens is 1. The van der Waals surface area contributed by atoms with Crippen LogP contribution >= 0.6 is 0 Å². The molecule has 0 unspecified atom stereocenters. The summed E-state index contributed by atoms with van der Waals surface area (Å²) in [6.07, 6.45) is 0.935. The first-order valence-corrected chi connectivity index (χ1v) is 7.29. The van der Waals surface area contributed by atoms with E-state index in [4.69, 9.17) is 5.73 Å². The van der Waals surface area contributed by atoms with E-state index in [-0.39, 0.29) is 16.4 Å². The Morgan fingerprint density at radius 1 is 1.20 bits per heavy atom. The molecule has 5 nitrogen and oxygen atoms in total. The van der Waals surface area contributed by atoms with Crippen LogP contribution in [0.1, 0.15) is 11.1 Å². The Kier molecular flexibility index (Phi) is 3.63. The molecule has 0 spiro atoms. The fraction of sp³-hybridized carbons (Fsp3) is 0.154. The maximum Gasteiger partial charge on any atom is 0.265 e. The Morgan fingerprint density at radius 3 is 2.50 bits per heavy atom. The Balaban J connectivity index is 2.46. The lowest BCUT2D eigenvalue weighted by Crippen LogP contribution is -2.17. The van der Waals surface area contributed by atoms with E-state index >= 15 is 0 Å². The molecule has 3 N–H and O–H groups in total. The van der Waals surface area contributed by atoms with Gasteiger partial charge in [0.05, 0.1) is 11.9 Å². The minimum Gasteiger partial charge on any atom is -0.398 e. The normalized spacial score (nSPS) is 11.3. The van der Waals surface area contributed by atoms with Gasteiger partial charge in [-0.3, -0.25) is 4.72 Å². The van der Waals surface area contributed by atoms with Crippen LogP contribution in [0.4, 0.5) is 15.9 Å². The van der Waals surface area contributed by atoms with Crippen LogP contribution in [0, 0.1) is 19.7 Å². The number of benzene rings is 1. The van der Waals surface area contributed by atoms with Crippen LogP contribution < -0.4 is 10.5 Å². The summed E-state index contributed by atoms with van der Waals surface area (Å²) in [6.45, 7) is 3.47. The van der Waals surface area contributed by atoms with Gasteiger partial charge in [-0.05, 0) is 43.2 Å². The van der Waals surface area contributed by atoms with E-state index in [9.17, 15) is 12.8 Å². The van der Waals surface area contributed by atoms with Crippen LogP contribution in [0.5, 0.6) is 0 Å². The third-order valence-corrected chi connectivity index (χ3v) is 4.50. The first kappa shape index (κ1) is 14.3. The Bertz CT molecular complexity index is 743. The summed E-state index contributed by atoms with van der Waals surface area (Å²) in [7, 11) is -3.87. The monoisotopic (exact) mass is 295 g/mol. The molecule has 0 saturated heterocycles. The largest absolute Gasteiger partial charge is 0.398 e. The van der Waals surface area contributed by atoms with E-state index in [1.165, 1.54) is 12.1 Å². The molecule has 0 aliphatic rings. The second kappa shape index (κ2) is 5.09. The quantitative estimate of drug-likeness (QED) is 0.850. The van der Waals surface area contributed by atoms with Crippen LogP contribution in [0.2, 0.25) is 0 Å². The van der Waals surface area contributed by atoms with Crippen molar-refractivity contribution in [2.45, 2.75) is 18.7 Å². The molecule has 0 saturated carbocycles. The molecule has 0 radical (unpaired) electrons. The average molecular weight is 295 g/mol. The van der Waals surface area contributed by atoms with Crippen molar-refractivity contribution >= 4 is 21.5 Å². The molecule has 2 aromatic rings. The number of nitrogens with two attached hydrogens (primary N) is 1. The zero-order chi connectivity index (χ0) is 14.9. The predicted octanol–water partition coefficient (Wildman–Crippen LogP) is 2.22. The number of hydrogen-bond acceptors (Lipinski definition) is 4. The highest BCUT2D eigenvalue weighted by atomic mass is 32.2. The lowest BCUT2D eigenvalue weighted by molar-refractivity contribution is 0.600. The highest BCUT2D eigenvalue weighted by molar-refractivity contribution is 7.93. The third-order valence-electron chi connectivity index (χ3n) is 2.94. The van der Waals surface area contributed by atoms with E-state index in [1.807, 2.05) is 0 Å². The van der Waals surface area contributed by atoms with Gasteiger partial charge in [-0.15, -0.1) is 0 Å². The Hall–Kier alpha value is -2.15. The number of sulfonamides is 1. The van der Waals surface area contributed by atoms with Crippen LogP contribution in [0.25, 0.3) is 0 Å². The molecule has 0 bridgehead atoms. The highest BCUT2D eigenvalue weighted by Gasteiger charge is 2.21. The molecule has 0 amide bonds. The minimum absolute atomic E-state index is 0.0172. The molecule has 20 heavy (non-hydrogen) atoms. The molecule has 0 fully saturated rings. The van der Waals surface area contributed by atoms with Gasteiger partial charge in [0.1, 0.15) is 16.5 Å². The van der Waals surface area contributed by atoms with Gasteiger partial charge < -0.3 is 5.73 Å². The summed E-state index contributed by atoms with van der Waals surface area (Å²) in [5, 5.41) is 0. The van der Waals surface area contributed by atoms with Crippen LogP contribution in [0.3, 0.4) is 0 Å². The fourth-order valence-electron chi connectivity index (χ4n) is 1.79. The number of aromatic nitrogens is 1. The number of rotatable bonds is 3. The van der Waals surface area contributed by atoms with Crippen molar-refractivity contribution in [1.82, 2.24) is 4.98 Å². The van der Waals surface area contributed by atoms with Crippen molar-refractivity contribution < 1.29 is 12.8 Å². The summed E-state index contributed by atoms with van der Waals surface area (Å²) in [5.74, 6) is -0.508. The first-order valence-electron chi connectivity index (χ1n) is 5.81. The van der Waals surface area contributed by atoms with Crippen molar-refractivity contribution in [3.63, 3.8) is 0 Å². The van der Waals surface area contributed by atoms with Gasteiger partial charge in [0.15, 0.2) is 0 Å². The standard InChI is InChI=1S/C13H14FN3O2S/c1-8-3-5-11(15)13(9(8)2)20(18,19)17-12-6-4-10(14)7-16-12/h3-7H,15H2,1-2H3,(H,16,17). The number of nitrogen functional groups attached to an aromatic ring is 1. The van der Waals surface area contributed by atoms with Gasteiger partial charge in [0.2, 0.25) is 0 Å². The van der Waals surface area contributed by atoms with Crippen molar-refractivity contribution in [3.05, 3.63) is 47.4 Å². The van der Waals surface area contributed by atoms with Gasteiger partial charge in [-0.1, -0.05) is 6.07 Å². The second-order valence-corrected chi connectivity index (χ2v) is 6.01. The van der Waals surface area contributed by atoms with Crippen molar-refractivity contribution in [2.75, 3.05) is 10.5 Å². The zero-order valence-corrected chi connectivity index (χ0v) is 11.8. The van der Waals surface area contributed by atoms with E-state index in [0.29, 0.717) is 5.56 Å². The molecular weight excluding hydrogens is 281 g/mol. The van der Waals surface area contributed by atoms with E-state index < -0.39 is 15.8 Å². The van der Waals surface area contributed by atoms with Crippen molar-refractivity contribution in [1.29, 1.82) is 0 Å². The average Bonchev–Trinajstić information content (AvgIpc) is 2.37. The topological polar surface area (TPSA) is 85.1 Å². The number of pyridine rings is 1. The lowest BCUT2D eigenvalue weighted by Gasteiger charge is -2.13. The minimum atomic E-state index is -3.87. The summed E-state index contributed by atoms with van der Waals surface area (Å²) in [4.78, 5) is 3.68. The molecule has 0 aliphatic carbocycles. The Labute approximate surface area is 116 Å². The molecule has 0 aliphatic heterocycles. The fourth-order valence-corrected chi connectivity index (χ4v) is 3.23. The number of hydrogen-bond donors (Lipinski definition) is 2. The number of anilines is 2. The molecule has 1 aromatic carbocycles. The molecular formula is C13H14FN3O2S. The predicted molar refractivity (Wildman–Crippen MR) is 75.3 cm³/mol. The Morgan fingerprint density at radius 2 is 1.90 bits per heavy atom. The van der Waals surface area contributed by atoms with Crippen LogP contribution in [0.15, 0.2) is 35.4 Å². The summed E-state index contributed by atoms with van der Waals surface area (Å²) < 4.78 is 39.8. The zero-order valence-electron chi connectivity index (χ0n) is 11.0. The van der Waals surface area contributed by atoms with Crippen LogP contribution in [-0.2, 0) is 10.0 Å².